The van der Waals surface area contributed by atoms with E-state index >= 15 is 0 Å². The predicted molar refractivity (Wildman–Crippen MR) is 130 cm³/mol. The van der Waals surface area contributed by atoms with E-state index in [-0.39, 0.29) is 11.9 Å². The summed E-state index contributed by atoms with van der Waals surface area (Å²) in [7, 11) is 1.68. The van der Waals surface area contributed by atoms with Gasteiger partial charge in [-0.05, 0) is 35.4 Å². The molecule has 1 unspecified atom stereocenters. The van der Waals surface area contributed by atoms with Crippen molar-refractivity contribution >= 4 is 23.2 Å². The Labute approximate surface area is 194 Å². The molecule has 0 aromatic heterocycles. The summed E-state index contributed by atoms with van der Waals surface area (Å²) in [6.07, 6.45) is 0. The second-order valence-electron chi connectivity index (χ2n) is 7.93. The van der Waals surface area contributed by atoms with Crippen LogP contribution in [0.15, 0.2) is 78.9 Å². The highest BCUT2D eigenvalue weighted by Gasteiger charge is 2.22. The lowest BCUT2D eigenvalue weighted by Gasteiger charge is -2.36. The molecule has 1 heterocycles. The zero-order valence-electron chi connectivity index (χ0n) is 18.2. The van der Waals surface area contributed by atoms with Crippen LogP contribution in [0, 0.1) is 0 Å². The normalized spacial score (nSPS) is 15.2. The van der Waals surface area contributed by atoms with Gasteiger partial charge in [0.15, 0.2) is 0 Å². The van der Waals surface area contributed by atoms with Crippen molar-refractivity contribution in [3.05, 3.63) is 95.0 Å². The minimum absolute atomic E-state index is 0.0173. The molecular weight excluding hydrogens is 422 g/mol. The first-order valence-corrected chi connectivity index (χ1v) is 11.2. The van der Waals surface area contributed by atoms with E-state index in [1.807, 2.05) is 66.7 Å². The molecule has 1 atom stereocenters. The van der Waals surface area contributed by atoms with Crippen LogP contribution in [0.3, 0.4) is 0 Å². The second kappa shape index (κ2) is 10.5. The van der Waals surface area contributed by atoms with Gasteiger partial charge in [0.1, 0.15) is 5.75 Å². The Morgan fingerprint density at radius 1 is 0.938 bits per heavy atom. The van der Waals surface area contributed by atoms with Crippen molar-refractivity contribution in [3.63, 3.8) is 0 Å². The zero-order valence-corrected chi connectivity index (χ0v) is 19.0. The van der Waals surface area contributed by atoms with Crippen LogP contribution in [0.4, 0.5) is 5.69 Å². The van der Waals surface area contributed by atoms with Gasteiger partial charge in [0, 0.05) is 43.0 Å². The number of methoxy groups -OCH3 is 1. The number of nitrogens with one attached hydrogen (secondary N) is 1. The molecule has 3 aromatic carbocycles. The van der Waals surface area contributed by atoms with Crippen molar-refractivity contribution in [1.29, 1.82) is 0 Å². The summed E-state index contributed by atoms with van der Waals surface area (Å²) in [5, 5.41) is 3.90. The Morgan fingerprint density at radius 3 is 2.31 bits per heavy atom. The Morgan fingerprint density at radius 2 is 1.62 bits per heavy atom. The maximum Gasteiger partial charge on any atom is 0.234 e. The van der Waals surface area contributed by atoms with Gasteiger partial charge >= 0.3 is 0 Å². The maximum absolute atomic E-state index is 13.0. The van der Waals surface area contributed by atoms with E-state index in [1.165, 1.54) is 0 Å². The van der Waals surface area contributed by atoms with Gasteiger partial charge in [0.2, 0.25) is 5.91 Å². The number of carbonyl (C=O) groups is 1. The molecule has 6 heteroatoms. The largest absolute Gasteiger partial charge is 0.497 e. The van der Waals surface area contributed by atoms with E-state index in [0.29, 0.717) is 11.6 Å². The van der Waals surface area contributed by atoms with Gasteiger partial charge in [-0.1, -0.05) is 60.1 Å². The highest BCUT2D eigenvalue weighted by molar-refractivity contribution is 6.30. The number of rotatable bonds is 7. The average molecular weight is 450 g/mol. The Kier molecular flexibility index (Phi) is 7.30. The van der Waals surface area contributed by atoms with Crippen LogP contribution >= 0.6 is 11.6 Å². The first kappa shape index (κ1) is 22.2. The lowest BCUT2D eigenvalue weighted by Crippen LogP contribution is -2.49. The van der Waals surface area contributed by atoms with Crippen LogP contribution in [0.1, 0.15) is 17.2 Å². The van der Waals surface area contributed by atoms with E-state index in [0.717, 1.165) is 48.7 Å². The molecule has 0 radical (unpaired) electrons. The minimum atomic E-state index is -0.209. The van der Waals surface area contributed by atoms with E-state index in [4.69, 9.17) is 16.3 Å². The number of piperazine rings is 1. The third-order valence-electron chi connectivity index (χ3n) is 5.80. The van der Waals surface area contributed by atoms with Crippen molar-refractivity contribution in [2.24, 2.45) is 0 Å². The summed E-state index contributed by atoms with van der Waals surface area (Å²) in [6.45, 7) is 3.80. The summed E-state index contributed by atoms with van der Waals surface area (Å²) in [6, 6.07) is 25.6. The first-order valence-electron chi connectivity index (χ1n) is 10.8. The van der Waals surface area contributed by atoms with Crippen LogP contribution < -0.4 is 15.0 Å². The molecule has 1 aliphatic heterocycles. The quantitative estimate of drug-likeness (QED) is 0.581. The number of amides is 1. The van der Waals surface area contributed by atoms with E-state index in [1.54, 1.807) is 7.11 Å². The predicted octanol–water partition coefficient (Wildman–Crippen LogP) is 4.38. The standard InChI is InChI=1S/C26H28ClN3O2/c1-32-24-9-5-8-23(18-24)30-16-14-29(15-17-30)19-25(31)28-26(20-6-3-2-4-7-20)21-10-12-22(27)13-11-21/h2-13,18,26H,14-17,19H2,1H3,(H,28,31). The molecule has 1 aliphatic rings. The number of halogens is 1. The van der Waals surface area contributed by atoms with Gasteiger partial charge in [-0.25, -0.2) is 0 Å². The molecule has 32 heavy (non-hydrogen) atoms. The van der Waals surface area contributed by atoms with Gasteiger partial charge in [0.05, 0.1) is 19.7 Å². The van der Waals surface area contributed by atoms with Crippen LogP contribution in [0.5, 0.6) is 5.75 Å². The minimum Gasteiger partial charge on any atom is -0.497 e. The maximum atomic E-state index is 13.0. The molecule has 1 N–H and O–H groups in total. The smallest absolute Gasteiger partial charge is 0.234 e. The number of benzene rings is 3. The summed E-state index contributed by atoms with van der Waals surface area (Å²) in [5.74, 6) is 0.877. The molecule has 1 saturated heterocycles. The Bertz CT molecular complexity index is 1020. The summed E-state index contributed by atoms with van der Waals surface area (Å²) in [5.41, 5.74) is 3.21. The number of anilines is 1. The van der Waals surface area contributed by atoms with Gasteiger partial charge in [0.25, 0.3) is 0 Å². The van der Waals surface area contributed by atoms with Crippen molar-refractivity contribution < 1.29 is 9.53 Å². The number of hydrogen-bond donors (Lipinski definition) is 1. The van der Waals surface area contributed by atoms with Gasteiger partial charge in [-0.2, -0.15) is 0 Å². The Balaban J connectivity index is 1.37. The molecule has 0 saturated carbocycles. The van der Waals surface area contributed by atoms with Crippen molar-refractivity contribution in [2.75, 3.05) is 44.7 Å². The highest BCUT2D eigenvalue weighted by atomic mass is 35.5. The average Bonchev–Trinajstić information content (AvgIpc) is 2.84. The molecule has 0 aliphatic carbocycles. The fourth-order valence-corrected chi connectivity index (χ4v) is 4.17. The Hall–Kier alpha value is -3.02. The molecule has 1 fully saturated rings. The van der Waals surface area contributed by atoms with Crippen LogP contribution in [0.2, 0.25) is 5.02 Å². The molecule has 0 bridgehead atoms. The monoisotopic (exact) mass is 449 g/mol. The summed E-state index contributed by atoms with van der Waals surface area (Å²) in [4.78, 5) is 17.5. The fraction of sp³-hybridized carbons (Fsp3) is 0.269. The molecule has 5 nitrogen and oxygen atoms in total. The van der Waals surface area contributed by atoms with E-state index < -0.39 is 0 Å². The lowest BCUT2D eigenvalue weighted by molar-refractivity contribution is -0.122. The van der Waals surface area contributed by atoms with Crippen molar-refractivity contribution in [3.8, 4) is 5.75 Å². The third-order valence-corrected chi connectivity index (χ3v) is 6.05. The van der Waals surface area contributed by atoms with Crippen LogP contribution in [-0.2, 0) is 4.79 Å². The van der Waals surface area contributed by atoms with Gasteiger partial charge < -0.3 is 15.0 Å². The van der Waals surface area contributed by atoms with Crippen molar-refractivity contribution in [2.45, 2.75) is 6.04 Å². The summed E-state index contributed by atoms with van der Waals surface area (Å²) >= 11 is 6.06. The van der Waals surface area contributed by atoms with Crippen molar-refractivity contribution in [1.82, 2.24) is 10.2 Å². The lowest BCUT2D eigenvalue weighted by atomic mass is 9.98. The third kappa shape index (κ3) is 5.61. The summed E-state index contributed by atoms with van der Waals surface area (Å²) < 4.78 is 5.34. The number of carbonyl (C=O) groups excluding carboxylic acids is 1. The topological polar surface area (TPSA) is 44.8 Å². The van der Waals surface area contributed by atoms with Gasteiger partial charge in [-0.3, -0.25) is 9.69 Å². The fourth-order valence-electron chi connectivity index (χ4n) is 4.04. The molecule has 0 spiro atoms. The SMILES string of the molecule is COc1cccc(N2CCN(CC(=O)NC(c3ccccc3)c3ccc(Cl)cc3)CC2)c1. The molecular formula is C26H28ClN3O2. The highest BCUT2D eigenvalue weighted by Crippen LogP contribution is 2.24. The number of hydrogen-bond acceptors (Lipinski definition) is 4. The molecule has 3 aromatic rings. The van der Waals surface area contributed by atoms with E-state index in [2.05, 4.69) is 27.2 Å². The first-order chi connectivity index (χ1) is 15.6. The van der Waals surface area contributed by atoms with Crippen LogP contribution in [-0.4, -0.2) is 50.6 Å². The van der Waals surface area contributed by atoms with Crippen LogP contribution in [0.25, 0.3) is 0 Å². The zero-order chi connectivity index (χ0) is 22.3. The number of ether oxygens (including phenoxy) is 1. The number of nitrogens with zero attached hydrogens (tertiary/aromatic N) is 2. The molecule has 4 rings (SSSR count). The molecule has 1 amide bonds. The van der Waals surface area contributed by atoms with E-state index in [9.17, 15) is 4.79 Å². The second-order valence-corrected chi connectivity index (χ2v) is 8.36. The van der Waals surface area contributed by atoms with Gasteiger partial charge in [-0.15, -0.1) is 0 Å². The molecule has 166 valence electrons.